The molecule has 0 spiro atoms. The third-order valence-corrected chi connectivity index (χ3v) is 6.68. The highest BCUT2D eigenvalue weighted by atomic mass is 16.5. The zero-order chi connectivity index (χ0) is 22.9. The molecule has 0 aromatic heterocycles. The highest BCUT2D eigenvalue weighted by molar-refractivity contribution is 5.71. The van der Waals surface area contributed by atoms with Gasteiger partial charge < -0.3 is 24.1 Å². The Morgan fingerprint density at radius 3 is 2.72 bits per heavy atom. The van der Waals surface area contributed by atoms with E-state index in [0.29, 0.717) is 19.4 Å². The molecule has 4 rings (SSSR count). The maximum Gasteiger partial charge on any atom is 0.309 e. The van der Waals surface area contributed by atoms with Crippen molar-refractivity contribution in [2.24, 2.45) is 11.8 Å². The summed E-state index contributed by atoms with van der Waals surface area (Å²) in [6.07, 6.45) is 1.22. The number of ether oxygens (including phenoxy) is 4. The first kappa shape index (κ1) is 22.5. The minimum atomic E-state index is -0.816. The fraction of sp³-hybridized carbons (Fsp3) is 0.500. The predicted molar refractivity (Wildman–Crippen MR) is 120 cm³/mol. The maximum atomic E-state index is 12.2. The molecule has 6 nitrogen and oxygen atoms in total. The van der Waals surface area contributed by atoms with Gasteiger partial charge in [0.2, 0.25) is 0 Å². The van der Waals surface area contributed by atoms with Crippen LogP contribution >= 0.6 is 0 Å². The van der Waals surface area contributed by atoms with E-state index in [1.165, 1.54) is 0 Å². The van der Waals surface area contributed by atoms with Crippen LogP contribution in [0.15, 0.2) is 42.5 Å². The van der Waals surface area contributed by atoms with Crippen LogP contribution in [0.2, 0.25) is 0 Å². The number of fused-ring (bicyclic) bond motifs is 3. The SMILES string of the molecule is CCOc1ccc2c(c1)[C@H]1O[C@@H](CCc3cccc(OC)c3)[C@@H](C(=O)O)C[C@@H]1C(C)(C)O2. The lowest BCUT2D eigenvalue weighted by Gasteiger charge is -2.50. The van der Waals surface area contributed by atoms with Gasteiger partial charge in [-0.1, -0.05) is 12.1 Å². The third-order valence-electron chi connectivity index (χ3n) is 6.68. The molecule has 2 heterocycles. The molecule has 1 fully saturated rings. The summed E-state index contributed by atoms with van der Waals surface area (Å²) < 4.78 is 23.9. The number of hydrogen-bond donors (Lipinski definition) is 1. The van der Waals surface area contributed by atoms with E-state index in [0.717, 1.165) is 34.8 Å². The van der Waals surface area contributed by atoms with Gasteiger partial charge in [-0.05, 0) is 75.9 Å². The Bertz CT molecular complexity index is 969. The second-order valence-electron chi connectivity index (χ2n) is 9.11. The Hall–Kier alpha value is -2.73. The fourth-order valence-corrected chi connectivity index (χ4v) is 4.99. The zero-order valence-electron chi connectivity index (χ0n) is 19.2. The standard InChI is InChI=1S/C26H32O6/c1-5-30-18-10-12-23-19(14-18)24-21(26(2,3)32-23)15-20(25(27)28)22(31-24)11-9-16-7-6-8-17(13-16)29-4/h6-8,10,12-14,20-22,24H,5,9,11,15H2,1-4H3,(H,27,28)/t20-,21-,22-,24+/m0/s1. The number of carboxylic acid groups (broad SMARTS) is 1. The summed E-state index contributed by atoms with van der Waals surface area (Å²) in [5.74, 6) is 0.877. The Balaban J connectivity index is 1.61. The van der Waals surface area contributed by atoms with Crippen molar-refractivity contribution in [3.05, 3.63) is 53.6 Å². The van der Waals surface area contributed by atoms with Crippen LogP contribution in [0.4, 0.5) is 0 Å². The lowest BCUT2D eigenvalue weighted by molar-refractivity contribution is -0.188. The van der Waals surface area contributed by atoms with Crippen molar-refractivity contribution in [3.63, 3.8) is 0 Å². The molecule has 0 radical (unpaired) electrons. The second-order valence-corrected chi connectivity index (χ2v) is 9.11. The summed E-state index contributed by atoms with van der Waals surface area (Å²) in [6, 6.07) is 13.7. The molecule has 2 aromatic rings. The van der Waals surface area contributed by atoms with Crippen molar-refractivity contribution >= 4 is 5.97 Å². The van der Waals surface area contributed by atoms with E-state index in [2.05, 4.69) is 0 Å². The summed E-state index contributed by atoms with van der Waals surface area (Å²) in [6.45, 7) is 6.56. The molecule has 2 aliphatic rings. The van der Waals surface area contributed by atoms with E-state index in [-0.39, 0.29) is 12.0 Å². The molecule has 0 saturated carbocycles. The third kappa shape index (κ3) is 4.42. The number of aliphatic carboxylic acids is 1. The van der Waals surface area contributed by atoms with E-state index < -0.39 is 23.6 Å². The number of rotatable bonds is 7. The van der Waals surface area contributed by atoms with Crippen molar-refractivity contribution in [2.45, 2.75) is 57.8 Å². The number of aryl methyl sites for hydroxylation is 1. The monoisotopic (exact) mass is 440 g/mol. The smallest absolute Gasteiger partial charge is 0.309 e. The topological polar surface area (TPSA) is 74.2 Å². The van der Waals surface area contributed by atoms with Gasteiger partial charge in [0.05, 0.1) is 31.8 Å². The van der Waals surface area contributed by atoms with Gasteiger partial charge in [-0.3, -0.25) is 4.79 Å². The number of carboxylic acids is 1. The maximum absolute atomic E-state index is 12.2. The fourth-order valence-electron chi connectivity index (χ4n) is 4.99. The lowest BCUT2D eigenvalue weighted by atomic mass is 9.71. The van der Waals surface area contributed by atoms with Gasteiger partial charge in [-0.15, -0.1) is 0 Å². The van der Waals surface area contributed by atoms with Crippen LogP contribution in [0.3, 0.4) is 0 Å². The van der Waals surface area contributed by atoms with Crippen LogP contribution in [0.1, 0.15) is 50.8 Å². The molecular formula is C26H32O6. The molecule has 0 aliphatic carbocycles. The van der Waals surface area contributed by atoms with Crippen LogP contribution in [-0.4, -0.2) is 36.5 Å². The van der Waals surface area contributed by atoms with Gasteiger partial charge >= 0.3 is 5.97 Å². The van der Waals surface area contributed by atoms with E-state index in [1.807, 2.05) is 63.2 Å². The minimum absolute atomic E-state index is 0.0685. The number of hydrogen-bond acceptors (Lipinski definition) is 5. The number of benzene rings is 2. The van der Waals surface area contributed by atoms with Crippen LogP contribution in [0.5, 0.6) is 17.2 Å². The van der Waals surface area contributed by atoms with Crippen molar-refractivity contribution < 1.29 is 28.8 Å². The van der Waals surface area contributed by atoms with E-state index >= 15 is 0 Å². The van der Waals surface area contributed by atoms with Gasteiger partial charge in [0.15, 0.2) is 0 Å². The summed E-state index contributed by atoms with van der Waals surface area (Å²) in [7, 11) is 1.64. The second kappa shape index (κ2) is 9.02. The Morgan fingerprint density at radius 2 is 2.00 bits per heavy atom. The summed E-state index contributed by atoms with van der Waals surface area (Å²) in [5.41, 5.74) is 1.51. The normalized spacial score (nSPS) is 25.8. The molecule has 0 bridgehead atoms. The Labute approximate surface area is 189 Å². The summed E-state index contributed by atoms with van der Waals surface area (Å²) >= 11 is 0. The van der Waals surface area contributed by atoms with Crippen molar-refractivity contribution in [1.29, 1.82) is 0 Å². The van der Waals surface area contributed by atoms with E-state index in [9.17, 15) is 9.90 Å². The van der Waals surface area contributed by atoms with Gasteiger partial charge in [-0.25, -0.2) is 0 Å². The molecule has 0 unspecified atom stereocenters. The van der Waals surface area contributed by atoms with Crippen LogP contribution in [-0.2, 0) is 16.0 Å². The first-order valence-corrected chi connectivity index (χ1v) is 11.3. The molecule has 1 saturated heterocycles. The molecule has 0 amide bonds. The van der Waals surface area contributed by atoms with Crippen LogP contribution in [0, 0.1) is 11.8 Å². The zero-order valence-corrected chi connectivity index (χ0v) is 19.2. The Kier molecular flexibility index (Phi) is 6.33. The van der Waals surface area contributed by atoms with Crippen molar-refractivity contribution in [3.8, 4) is 17.2 Å². The molecule has 2 aliphatic heterocycles. The van der Waals surface area contributed by atoms with Gasteiger partial charge in [-0.2, -0.15) is 0 Å². The van der Waals surface area contributed by atoms with Crippen LogP contribution in [0.25, 0.3) is 0 Å². The largest absolute Gasteiger partial charge is 0.497 e. The van der Waals surface area contributed by atoms with Crippen LogP contribution < -0.4 is 14.2 Å². The molecule has 172 valence electrons. The summed E-state index contributed by atoms with van der Waals surface area (Å²) in [5, 5.41) is 10.00. The molecule has 1 N–H and O–H groups in total. The van der Waals surface area contributed by atoms with E-state index in [4.69, 9.17) is 18.9 Å². The molecule has 32 heavy (non-hydrogen) atoms. The van der Waals surface area contributed by atoms with Crippen molar-refractivity contribution in [1.82, 2.24) is 0 Å². The van der Waals surface area contributed by atoms with E-state index in [1.54, 1.807) is 7.11 Å². The van der Waals surface area contributed by atoms with Gasteiger partial charge in [0.25, 0.3) is 0 Å². The minimum Gasteiger partial charge on any atom is -0.497 e. The molecule has 4 atom stereocenters. The highest BCUT2D eigenvalue weighted by Crippen LogP contribution is 2.53. The molecule has 6 heteroatoms. The number of methoxy groups -OCH3 is 1. The quantitative estimate of drug-likeness (QED) is 0.650. The average Bonchev–Trinajstić information content (AvgIpc) is 2.77. The molecule has 2 aromatic carbocycles. The first-order chi connectivity index (χ1) is 15.3. The Morgan fingerprint density at radius 1 is 1.19 bits per heavy atom. The predicted octanol–water partition coefficient (Wildman–Crippen LogP) is 5.04. The summed E-state index contributed by atoms with van der Waals surface area (Å²) in [4.78, 5) is 12.2. The number of carbonyl (C=O) groups is 1. The molecular weight excluding hydrogens is 408 g/mol. The van der Waals surface area contributed by atoms with Crippen molar-refractivity contribution in [2.75, 3.05) is 13.7 Å². The first-order valence-electron chi connectivity index (χ1n) is 11.3. The van der Waals surface area contributed by atoms with Gasteiger partial charge in [0.1, 0.15) is 22.8 Å². The highest BCUT2D eigenvalue weighted by Gasteiger charge is 2.52. The van der Waals surface area contributed by atoms with Gasteiger partial charge in [0, 0.05) is 11.5 Å². The average molecular weight is 441 g/mol. The lowest BCUT2D eigenvalue weighted by Crippen LogP contribution is -2.52.